The molecule has 6 nitrogen and oxygen atoms in total. The first kappa shape index (κ1) is 27.0. The highest BCUT2D eigenvalue weighted by Gasteiger charge is 2.34. The fraction of sp³-hybridized carbons (Fsp3) is 0.312. The summed E-state index contributed by atoms with van der Waals surface area (Å²) in [6.45, 7) is 1.07. The van der Waals surface area contributed by atoms with Crippen molar-refractivity contribution in [3.8, 4) is 11.3 Å². The molecule has 1 fully saturated rings. The lowest BCUT2D eigenvalue weighted by molar-refractivity contribution is -0.135. The second-order valence-corrected chi connectivity index (χ2v) is 10.8. The van der Waals surface area contributed by atoms with E-state index >= 15 is 0 Å². The standard InChI is InChI=1S/C32H33ClN2O4/c1-34-28-14-10-24(31(37)39-2)20-27(28)26(30(34)23-8-11-25(33)12-9-23)13-15-29(36)35-18-16-32(38,17-19-35)21-22-6-4-3-5-7-22/h3-12,14,20,38H,13,15-19,21H2,1-2H3. The third-order valence-corrected chi connectivity index (χ3v) is 8.11. The van der Waals surface area contributed by atoms with E-state index in [9.17, 15) is 14.7 Å². The van der Waals surface area contributed by atoms with Gasteiger partial charge in [0.25, 0.3) is 0 Å². The second-order valence-electron chi connectivity index (χ2n) is 10.4. The van der Waals surface area contributed by atoms with Crippen molar-refractivity contribution in [1.29, 1.82) is 0 Å². The molecule has 1 aliphatic heterocycles. The van der Waals surface area contributed by atoms with Crippen LogP contribution in [-0.4, -0.2) is 52.3 Å². The molecule has 2 heterocycles. The fourth-order valence-corrected chi connectivity index (χ4v) is 5.84. The number of nitrogens with zero attached hydrogens (tertiary/aromatic N) is 2. The molecule has 0 unspecified atom stereocenters. The molecule has 1 aromatic heterocycles. The number of methoxy groups -OCH3 is 1. The molecule has 3 aromatic carbocycles. The molecule has 1 saturated heterocycles. The average Bonchev–Trinajstić information content (AvgIpc) is 3.23. The van der Waals surface area contributed by atoms with E-state index in [0.717, 1.165) is 33.3 Å². The number of rotatable bonds is 7. The minimum absolute atomic E-state index is 0.0694. The summed E-state index contributed by atoms with van der Waals surface area (Å²) in [7, 11) is 3.36. The number of fused-ring (bicyclic) bond motifs is 1. The normalized spacial score (nSPS) is 14.9. The highest BCUT2D eigenvalue weighted by atomic mass is 35.5. The smallest absolute Gasteiger partial charge is 0.337 e. The number of aryl methyl sites for hydroxylation is 2. The van der Waals surface area contributed by atoms with E-state index < -0.39 is 11.6 Å². The first-order valence-corrected chi connectivity index (χ1v) is 13.7. The number of piperidine rings is 1. The van der Waals surface area contributed by atoms with Crippen molar-refractivity contribution in [2.45, 2.75) is 37.7 Å². The van der Waals surface area contributed by atoms with Crippen LogP contribution >= 0.6 is 11.6 Å². The minimum atomic E-state index is -0.792. The third-order valence-electron chi connectivity index (χ3n) is 7.85. The molecule has 0 saturated carbocycles. The van der Waals surface area contributed by atoms with E-state index in [1.807, 2.05) is 78.7 Å². The maximum Gasteiger partial charge on any atom is 0.337 e. The van der Waals surface area contributed by atoms with Gasteiger partial charge in [-0.2, -0.15) is 0 Å². The van der Waals surface area contributed by atoms with Gasteiger partial charge in [0.15, 0.2) is 0 Å². The van der Waals surface area contributed by atoms with Gasteiger partial charge in [-0.25, -0.2) is 4.79 Å². The molecular formula is C32H33ClN2O4. The van der Waals surface area contributed by atoms with Crippen LogP contribution in [0.4, 0.5) is 0 Å². The first-order valence-electron chi connectivity index (χ1n) is 13.3. The number of halogens is 1. The van der Waals surface area contributed by atoms with Gasteiger partial charge in [-0.15, -0.1) is 0 Å². The molecule has 0 aliphatic carbocycles. The van der Waals surface area contributed by atoms with Gasteiger partial charge in [0.05, 0.1) is 24.0 Å². The second kappa shape index (κ2) is 11.2. The van der Waals surface area contributed by atoms with Crippen LogP contribution < -0.4 is 0 Å². The summed E-state index contributed by atoms with van der Waals surface area (Å²) in [6.07, 6.45) is 2.56. The van der Waals surface area contributed by atoms with E-state index in [0.29, 0.717) is 55.8 Å². The Kier molecular flexibility index (Phi) is 7.78. The van der Waals surface area contributed by atoms with E-state index in [-0.39, 0.29) is 5.91 Å². The number of hydrogen-bond donors (Lipinski definition) is 1. The summed E-state index contributed by atoms with van der Waals surface area (Å²) in [6, 6.07) is 23.2. The molecule has 0 atom stereocenters. The zero-order chi connectivity index (χ0) is 27.6. The molecule has 39 heavy (non-hydrogen) atoms. The minimum Gasteiger partial charge on any atom is -0.465 e. The van der Waals surface area contributed by atoms with Gasteiger partial charge in [0.1, 0.15) is 0 Å². The molecule has 0 radical (unpaired) electrons. The molecule has 0 spiro atoms. The Balaban J connectivity index is 1.36. The highest BCUT2D eigenvalue weighted by Crippen LogP contribution is 2.36. The van der Waals surface area contributed by atoms with Gasteiger partial charge < -0.3 is 19.3 Å². The number of hydrogen-bond acceptors (Lipinski definition) is 4. The van der Waals surface area contributed by atoms with Gasteiger partial charge >= 0.3 is 5.97 Å². The lowest BCUT2D eigenvalue weighted by Gasteiger charge is -2.38. The van der Waals surface area contributed by atoms with Crippen LogP contribution in [0.25, 0.3) is 22.2 Å². The van der Waals surface area contributed by atoms with Crippen LogP contribution in [0.3, 0.4) is 0 Å². The van der Waals surface area contributed by atoms with Crippen molar-refractivity contribution in [3.63, 3.8) is 0 Å². The third kappa shape index (κ3) is 5.72. The maximum absolute atomic E-state index is 13.3. The van der Waals surface area contributed by atoms with Crippen molar-refractivity contribution in [1.82, 2.24) is 9.47 Å². The van der Waals surface area contributed by atoms with Crippen LogP contribution in [0.15, 0.2) is 72.8 Å². The monoisotopic (exact) mass is 544 g/mol. The zero-order valence-corrected chi connectivity index (χ0v) is 23.1. The quantitative estimate of drug-likeness (QED) is 0.298. The Morgan fingerprint density at radius 2 is 1.69 bits per heavy atom. The predicted molar refractivity (Wildman–Crippen MR) is 154 cm³/mol. The van der Waals surface area contributed by atoms with E-state index in [2.05, 4.69) is 4.57 Å². The Labute approximate surface area is 233 Å². The number of carbonyl (C=O) groups is 2. The number of aliphatic hydroxyl groups is 1. The van der Waals surface area contributed by atoms with Crippen LogP contribution in [0.5, 0.6) is 0 Å². The van der Waals surface area contributed by atoms with E-state index in [4.69, 9.17) is 16.3 Å². The van der Waals surface area contributed by atoms with Crippen LogP contribution in [0.1, 0.15) is 40.7 Å². The van der Waals surface area contributed by atoms with Crippen molar-refractivity contribution < 1.29 is 19.4 Å². The Morgan fingerprint density at radius 1 is 1.00 bits per heavy atom. The van der Waals surface area contributed by atoms with Gasteiger partial charge in [-0.05, 0) is 66.3 Å². The number of ether oxygens (including phenoxy) is 1. The van der Waals surface area contributed by atoms with E-state index in [1.165, 1.54) is 7.11 Å². The number of amides is 1. The Hall–Kier alpha value is -3.61. The SMILES string of the molecule is COC(=O)c1ccc2c(c1)c(CCC(=O)N1CCC(O)(Cc3ccccc3)CC1)c(-c1ccc(Cl)cc1)n2C. The van der Waals surface area contributed by atoms with Crippen molar-refractivity contribution in [2.24, 2.45) is 7.05 Å². The summed E-state index contributed by atoms with van der Waals surface area (Å²) >= 11 is 6.16. The van der Waals surface area contributed by atoms with E-state index in [1.54, 1.807) is 6.07 Å². The summed E-state index contributed by atoms with van der Waals surface area (Å²) in [5.74, 6) is -0.327. The van der Waals surface area contributed by atoms with Crippen LogP contribution in [-0.2, 0) is 29.4 Å². The lowest BCUT2D eigenvalue weighted by Crippen LogP contribution is -2.47. The average molecular weight is 545 g/mol. The molecule has 7 heteroatoms. The lowest BCUT2D eigenvalue weighted by atomic mass is 9.85. The van der Waals surface area contributed by atoms with Crippen molar-refractivity contribution >= 4 is 34.4 Å². The molecule has 202 valence electrons. The maximum atomic E-state index is 13.3. The molecular weight excluding hydrogens is 512 g/mol. The topological polar surface area (TPSA) is 71.8 Å². The van der Waals surface area contributed by atoms with Gasteiger partial charge in [-0.3, -0.25) is 4.79 Å². The molecule has 4 aromatic rings. The summed E-state index contributed by atoms with van der Waals surface area (Å²) in [5, 5.41) is 12.7. The van der Waals surface area contributed by atoms with Crippen LogP contribution in [0.2, 0.25) is 5.02 Å². The molecule has 0 bridgehead atoms. The highest BCUT2D eigenvalue weighted by molar-refractivity contribution is 6.30. The first-order chi connectivity index (χ1) is 18.8. The van der Waals surface area contributed by atoms with Gasteiger partial charge in [-0.1, -0.05) is 54.1 Å². The predicted octanol–water partition coefficient (Wildman–Crippen LogP) is 5.81. The Morgan fingerprint density at radius 3 is 2.36 bits per heavy atom. The summed E-state index contributed by atoms with van der Waals surface area (Å²) in [5.41, 5.74) is 4.75. The molecule has 5 rings (SSSR count). The molecule has 1 N–H and O–H groups in total. The van der Waals surface area contributed by atoms with Gasteiger partial charge in [0, 0.05) is 48.9 Å². The number of carbonyl (C=O) groups excluding carboxylic acids is 2. The number of aromatic nitrogens is 1. The largest absolute Gasteiger partial charge is 0.465 e. The summed E-state index contributed by atoms with van der Waals surface area (Å²) in [4.78, 5) is 27.5. The fourth-order valence-electron chi connectivity index (χ4n) is 5.71. The van der Waals surface area contributed by atoms with Crippen LogP contribution in [0, 0.1) is 0 Å². The number of esters is 1. The Bertz CT molecular complexity index is 1490. The zero-order valence-electron chi connectivity index (χ0n) is 22.3. The van der Waals surface area contributed by atoms with Crippen molar-refractivity contribution in [3.05, 3.63) is 94.5 Å². The molecule has 1 amide bonds. The van der Waals surface area contributed by atoms with Crippen molar-refractivity contribution in [2.75, 3.05) is 20.2 Å². The summed E-state index contributed by atoms with van der Waals surface area (Å²) < 4.78 is 7.05. The number of benzene rings is 3. The van der Waals surface area contributed by atoms with Gasteiger partial charge in [0.2, 0.25) is 5.91 Å². The number of likely N-dealkylation sites (tertiary alicyclic amines) is 1. The molecule has 1 aliphatic rings.